The van der Waals surface area contributed by atoms with Crippen LogP contribution in [0.3, 0.4) is 0 Å². The van der Waals surface area contributed by atoms with Crippen molar-refractivity contribution in [2.75, 3.05) is 18.4 Å². The molecule has 5 heteroatoms. The first kappa shape index (κ1) is 17.4. The van der Waals surface area contributed by atoms with Gasteiger partial charge in [-0.05, 0) is 63.4 Å². The molecule has 0 bridgehead atoms. The first-order valence-corrected chi connectivity index (χ1v) is 8.90. The summed E-state index contributed by atoms with van der Waals surface area (Å²) in [5, 5.41) is 6.25. The van der Waals surface area contributed by atoms with E-state index >= 15 is 0 Å². The van der Waals surface area contributed by atoms with E-state index in [0.29, 0.717) is 23.9 Å². The maximum absolute atomic E-state index is 12.1. The second kappa shape index (κ2) is 8.62. The van der Waals surface area contributed by atoms with Gasteiger partial charge in [-0.15, -0.1) is 0 Å². The first-order chi connectivity index (χ1) is 12.2. The van der Waals surface area contributed by atoms with E-state index in [2.05, 4.69) is 15.6 Å². The molecule has 1 aliphatic rings. The van der Waals surface area contributed by atoms with Crippen molar-refractivity contribution < 1.29 is 9.53 Å². The maximum atomic E-state index is 12.1. The van der Waals surface area contributed by atoms with Gasteiger partial charge >= 0.3 is 0 Å². The normalized spacial score (nSPS) is 14.9. The predicted molar refractivity (Wildman–Crippen MR) is 98.9 cm³/mol. The summed E-state index contributed by atoms with van der Waals surface area (Å²) in [6.45, 7) is 4.17. The molecule has 0 spiro atoms. The van der Waals surface area contributed by atoms with Crippen molar-refractivity contribution in [3.8, 4) is 11.6 Å². The van der Waals surface area contributed by atoms with Crippen molar-refractivity contribution in [1.29, 1.82) is 0 Å². The number of rotatable bonds is 6. The number of hydrogen-bond donors (Lipinski definition) is 2. The van der Waals surface area contributed by atoms with Gasteiger partial charge in [0.2, 0.25) is 11.8 Å². The van der Waals surface area contributed by atoms with Gasteiger partial charge in [-0.3, -0.25) is 4.79 Å². The molecule has 0 atom stereocenters. The first-order valence-electron chi connectivity index (χ1n) is 8.90. The molecule has 132 valence electrons. The van der Waals surface area contributed by atoms with E-state index in [-0.39, 0.29) is 5.91 Å². The van der Waals surface area contributed by atoms with Crippen LogP contribution < -0.4 is 15.4 Å². The monoisotopic (exact) mass is 339 g/mol. The van der Waals surface area contributed by atoms with Gasteiger partial charge in [0.1, 0.15) is 5.75 Å². The second-order valence-corrected chi connectivity index (χ2v) is 6.58. The largest absolute Gasteiger partial charge is 0.439 e. The van der Waals surface area contributed by atoms with Crippen molar-refractivity contribution in [3.63, 3.8) is 0 Å². The lowest BCUT2D eigenvalue weighted by molar-refractivity contribution is -0.116. The molecule has 0 aliphatic carbocycles. The number of aryl methyl sites for hydroxylation is 1. The van der Waals surface area contributed by atoms with Gasteiger partial charge in [0.25, 0.3) is 0 Å². The fourth-order valence-electron chi connectivity index (χ4n) is 2.97. The summed E-state index contributed by atoms with van der Waals surface area (Å²) in [5.41, 5.74) is 1.88. The van der Waals surface area contributed by atoms with Crippen LogP contribution in [0.1, 0.15) is 31.2 Å². The average Bonchev–Trinajstić information content (AvgIpc) is 2.64. The lowest BCUT2D eigenvalue weighted by Crippen LogP contribution is -2.28. The molecule has 1 saturated heterocycles. The maximum Gasteiger partial charge on any atom is 0.224 e. The average molecular weight is 339 g/mol. The highest BCUT2D eigenvalue weighted by molar-refractivity contribution is 5.90. The quantitative estimate of drug-likeness (QED) is 0.838. The van der Waals surface area contributed by atoms with Crippen LogP contribution in [0.4, 0.5) is 5.69 Å². The Morgan fingerprint density at radius 3 is 2.64 bits per heavy atom. The summed E-state index contributed by atoms with van der Waals surface area (Å²) < 4.78 is 5.69. The van der Waals surface area contributed by atoms with E-state index in [1.165, 1.54) is 18.4 Å². The molecule has 0 radical (unpaired) electrons. The van der Waals surface area contributed by atoms with Gasteiger partial charge < -0.3 is 15.4 Å². The Balaban J connectivity index is 1.46. The van der Waals surface area contributed by atoms with Gasteiger partial charge in [-0.1, -0.05) is 17.7 Å². The molecule has 1 aromatic heterocycles. The minimum Gasteiger partial charge on any atom is -0.439 e. The summed E-state index contributed by atoms with van der Waals surface area (Å²) in [6.07, 6.45) is 5.48. The van der Waals surface area contributed by atoms with Gasteiger partial charge in [0.15, 0.2) is 0 Å². The van der Waals surface area contributed by atoms with Gasteiger partial charge in [0.05, 0.1) is 11.9 Å². The summed E-state index contributed by atoms with van der Waals surface area (Å²) >= 11 is 0. The van der Waals surface area contributed by atoms with Crippen LogP contribution in [0.15, 0.2) is 42.6 Å². The number of nitrogens with one attached hydrogen (secondary N) is 2. The lowest BCUT2D eigenvalue weighted by Gasteiger charge is -2.22. The molecule has 0 unspecified atom stereocenters. The van der Waals surface area contributed by atoms with Gasteiger partial charge in [-0.25, -0.2) is 4.98 Å². The molecule has 2 N–H and O–H groups in total. The number of amides is 1. The van der Waals surface area contributed by atoms with Crippen LogP contribution in [-0.4, -0.2) is 24.0 Å². The smallest absolute Gasteiger partial charge is 0.224 e. The van der Waals surface area contributed by atoms with Crippen molar-refractivity contribution in [2.45, 2.75) is 32.6 Å². The van der Waals surface area contributed by atoms with Crippen LogP contribution in [0.5, 0.6) is 11.6 Å². The third-order valence-corrected chi connectivity index (χ3v) is 4.50. The molecule has 3 rings (SSSR count). The Labute approximate surface area is 148 Å². The molecule has 0 saturated carbocycles. The van der Waals surface area contributed by atoms with E-state index in [9.17, 15) is 4.79 Å². The molecule has 1 fully saturated rings. The van der Waals surface area contributed by atoms with Gasteiger partial charge in [0, 0.05) is 12.5 Å². The van der Waals surface area contributed by atoms with E-state index < -0.39 is 0 Å². The zero-order valence-electron chi connectivity index (χ0n) is 14.6. The van der Waals surface area contributed by atoms with Crippen LogP contribution >= 0.6 is 0 Å². The standard InChI is InChI=1S/C20H25N3O2/c1-15-2-6-18(7-3-15)25-20-9-5-17(14-22-20)23-19(24)8-4-16-10-12-21-13-11-16/h2-3,5-7,9,14,16,21H,4,8,10-13H2,1H3,(H,23,24). The van der Waals surface area contributed by atoms with Crippen molar-refractivity contribution >= 4 is 11.6 Å². The summed E-state index contributed by atoms with van der Waals surface area (Å²) in [7, 11) is 0. The van der Waals surface area contributed by atoms with E-state index in [4.69, 9.17) is 4.74 Å². The Hall–Kier alpha value is -2.40. The van der Waals surface area contributed by atoms with Crippen molar-refractivity contribution in [1.82, 2.24) is 10.3 Å². The number of aromatic nitrogens is 1. The summed E-state index contributed by atoms with van der Waals surface area (Å²) in [4.78, 5) is 16.3. The number of pyridine rings is 1. The molecule has 5 nitrogen and oxygen atoms in total. The predicted octanol–water partition coefficient (Wildman–Crippen LogP) is 3.90. The number of ether oxygens (including phenoxy) is 1. The molecule has 2 heterocycles. The van der Waals surface area contributed by atoms with Crippen LogP contribution in [0.2, 0.25) is 0 Å². The molecule has 1 aromatic carbocycles. The number of piperidine rings is 1. The molecule has 1 amide bonds. The zero-order chi connectivity index (χ0) is 17.5. The third-order valence-electron chi connectivity index (χ3n) is 4.50. The number of anilines is 1. The minimum absolute atomic E-state index is 0.0486. The third kappa shape index (κ3) is 5.57. The highest BCUT2D eigenvalue weighted by atomic mass is 16.5. The molecule has 25 heavy (non-hydrogen) atoms. The van der Waals surface area contributed by atoms with E-state index in [0.717, 1.165) is 25.3 Å². The highest BCUT2D eigenvalue weighted by Crippen LogP contribution is 2.21. The van der Waals surface area contributed by atoms with Crippen LogP contribution in [0.25, 0.3) is 0 Å². The number of nitrogens with zero attached hydrogens (tertiary/aromatic N) is 1. The zero-order valence-corrected chi connectivity index (χ0v) is 14.6. The minimum atomic E-state index is 0.0486. The van der Waals surface area contributed by atoms with Crippen molar-refractivity contribution in [3.05, 3.63) is 48.2 Å². The van der Waals surface area contributed by atoms with Crippen molar-refractivity contribution in [2.24, 2.45) is 5.92 Å². The SMILES string of the molecule is Cc1ccc(Oc2ccc(NC(=O)CCC3CCNCC3)cn2)cc1. The fourth-order valence-corrected chi connectivity index (χ4v) is 2.97. The molecule has 2 aromatic rings. The number of hydrogen-bond acceptors (Lipinski definition) is 4. The summed E-state index contributed by atoms with van der Waals surface area (Å²) in [6, 6.07) is 11.4. The van der Waals surface area contributed by atoms with Crippen LogP contribution in [-0.2, 0) is 4.79 Å². The fraction of sp³-hybridized carbons (Fsp3) is 0.400. The Morgan fingerprint density at radius 1 is 1.20 bits per heavy atom. The van der Waals surface area contributed by atoms with Crippen LogP contribution in [0, 0.1) is 12.8 Å². The number of carbonyl (C=O) groups is 1. The van der Waals surface area contributed by atoms with E-state index in [1.807, 2.05) is 37.3 Å². The van der Waals surface area contributed by atoms with E-state index in [1.54, 1.807) is 12.3 Å². The summed E-state index contributed by atoms with van der Waals surface area (Å²) in [5.74, 6) is 1.97. The lowest BCUT2D eigenvalue weighted by atomic mass is 9.93. The molecule has 1 aliphatic heterocycles. The second-order valence-electron chi connectivity index (χ2n) is 6.58. The van der Waals surface area contributed by atoms with Gasteiger partial charge in [-0.2, -0.15) is 0 Å². The Kier molecular flexibility index (Phi) is 6.01. The topological polar surface area (TPSA) is 63.2 Å². The Bertz CT molecular complexity index is 677. The Morgan fingerprint density at radius 2 is 1.96 bits per heavy atom. The number of benzene rings is 1. The number of carbonyl (C=O) groups excluding carboxylic acids is 1. The highest BCUT2D eigenvalue weighted by Gasteiger charge is 2.14. The molecular weight excluding hydrogens is 314 g/mol. The molecular formula is C20H25N3O2.